The van der Waals surface area contributed by atoms with Gasteiger partial charge in [0.25, 0.3) is 0 Å². The van der Waals surface area contributed by atoms with Crippen LogP contribution in [-0.2, 0) is 17.6 Å². The summed E-state index contributed by atoms with van der Waals surface area (Å²) < 4.78 is 16.2. The van der Waals surface area contributed by atoms with Crippen LogP contribution < -0.4 is 14.8 Å². The number of aromatic nitrogens is 2. The molecule has 132 valence electrons. The molecule has 0 spiro atoms. The number of aryl methyl sites for hydroxylation is 1. The van der Waals surface area contributed by atoms with Gasteiger partial charge in [-0.1, -0.05) is 18.0 Å². The molecular formula is C18H21N3O4. The minimum Gasteiger partial charge on any atom is -0.486 e. The number of anilines is 1. The highest BCUT2D eigenvalue weighted by Crippen LogP contribution is 2.34. The van der Waals surface area contributed by atoms with Crippen molar-refractivity contribution >= 4 is 11.6 Å². The summed E-state index contributed by atoms with van der Waals surface area (Å²) in [6, 6.07) is 5.33. The molecule has 1 aromatic carbocycles. The Kier molecular flexibility index (Phi) is 4.54. The zero-order valence-electron chi connectivity index (χ0n) is 14.0. The molecule has 1 aliphatic carbocycles. The van der Waals surface area contributed by atoms with Gasteiger partial charge in [-0.2, -0.15) is 4.98 Å². The van der Waals surface area contributed by atoms with Gasteiger partial charge in [0.2, 0.25) is 11.8 Å². The van der Waals surface area contributed by atoms with Gasteiger partial charge in [0.15, 0.2) is 17.3 Å². The first-order valence-corrected chi connectivity index (χ1v) is 8.77. The number of amides is 1. The van der Waals surface area contributed by atoms with Crippen LogP contribution in [0.15, 0.2) is 22.7 Å². The van der Waals surface area contributed by atoms with E-state index in [-0.39, 0.29) is 12.3 Å². The van der Waals surface area contributed by atoms with Crippen molar-refractivity contribution in [2.45, 2.75) is 38.5 Å². The van der Waals surface area contributed by atoms with Crippen LogP contribution in [0.2, 0.25) is 0 Å². The molecule has 1 amide bonds. The van der Waals surface area contributed by atoms with Crippen LogP contribution in [0.1, 0.15) is 37.4 Å². The van der Waals surface area contributed by atoms with Gasteiger partial charge in [0, 0.05) is 18.2 Å². The highest BCUT2D eigenvalue weighted by molar-refractivity contribution is 5.92. The van der Waals surface area contributed by atoms with Crippen LogP contribution in [0.3, 0.4) is 0 Å². The quantitative estimate of drug-likeness (QED) is 0.832. The first kappa shape index (κ1) is 15.9. The molecule has 1 saturated carbocycles. The minimum atomic E-state index is -0.193. The molecule has 1 fully saturated rings. The topological polar surface area (TPSA) is 86.5 Å². The molecule has 2 heterocycles. The minimum absolute atomic E-state index is 0.0839. The lowest BCUT2D eigenvalue weighted by Crippen LogP contribution is -2.17. The third kappa shape index (κ3) is 4.29. The standard InChI is InChI=1S/C18H21N3O4/c22-17(19-13-6-7-14-15(10-13)24-9-8-23-14)11-16-20-18(25-21-16)3-1-2-12-4-5-12/h6-7,10,12H,1-5,8-9,11H2,(H,19,22). The zero-order valence-corrected chi connectivity index (χ0v) is 14.0. The zero-order chi connectivity index (χ0) is 17.1. The fraction of sp³-hybridized carbons (Fsp3) is 0.500. The molecule has 0 atom stereocenters. The van der Waals surface area contributed by atoms with Crippen molar-refractivity contribution in [3.05, 3.63) is 29.9 Å². The number of nitrogens with one attached hydrogen (secondary N) is 1. The van der Waals surface area contributed by atoms with Crippen molar-refractivity contribution in [3.8, 4) is 11.5 Å². The molecule has 7 heteroatoms. The number of ether oxygens (including phenoxy) is 2. The monoisotopic (exact) mass is 343 g/mol. The van der Waals surface area contributed by atoms with Crippen molar-refractivity contribution in [2.24, 2.45) is 5.92 Å². The fourth-order valence-corrected chi connectivity index (χ4v) is 2.88. The molecule has 1 N–H and O–H groups in total. The Labute approximate surface area is 145 Å². The van der Waals surface area contributed by atoms with E-state index in [2.05, 4.69) is 15.5 Å². The molecule has 0 bridgehead atoms. The number of fused-ring (bicyclic) bond motifs is 1. The lowest BCUT2D eigenvalue weighted by atomic mass is 10.2. The van der Waals surface area contributed by atoms with Gasteiger partial charge in [0.1, 0.15) is 13.2 Å². The molecule has 2 aliphatic rings. The lowest BCUT2D eigenvalue weighted by molar-refractivity contribution is -0.115. The van der Waals surface area contributed by atoms with E-state index in [0.717, 1.165) is 18.8 Å². The molecule has 0 radical (unpaired) electrons. The Morgan fingerprint density at radius 2 is 2.04 bits per heavy atom. The summed E-state index contributed by atoms with van der Waals surface area (Å²) in [5.74, 6) is 3.07. The summed E-state index contributed by atoms with van der Waals surface area (Å²) in [6.45, 7) is 1.05. The summed E-state index contributed by atoms with van der Waals surface area (Å²) in [4.78, 5) is 16.5. The van der Waals surface area contributed by atoms with E-state index in [1.165, 1.54) is 19.3 Å². The molecule has 4 rings (SSSR count). The van der Waals surface area contributed by atoms with Crippen LogP contribution in [0.25, 0.3) is 0 Å². The Balaban J connectivity index is 1.29. The number of hydrogen-bond donors (Lipinski definition) is 1. The number of rotatable bonds is 7. The Morgan fingerprint density at radius 1 is 1.20 bits per heavy atom. The van der Waals surface area contributed by atoms with E-state index in [9.17, 15) is 4.79 Å². The molecule has 0 unspecified atom stereocenters. The van der Waals surface area contributed by atoms with Crippen LogP contribution in [0, 0.1) is 5.92 Å². The molecule has 1 aliphatic heterocycles. The van der Waals surface area contributed by atoms with E-state index < -0.39 is 0 Å². The van der Waals surface area contributed by atoms with Gasteiger partial charge in [-0.3, -0.25) is 4.79 Å². The van der Waals surface area contributed by atoms with Crippen LogP contribution in [0.4, 0.5) is 5.69 Å². The average molecular weight is 343 g/mol. The molecule has 7 nitrogen and oxygen atoms in total. The second-order valence-electron chi connectivity index (χ2n) is 6.52. The van der Waals surface area contributed by atoms with Gasteiger partial charge >= 0.3 is 0 Å². The third-order valence-corrected chi connectivity index (χ3v) is 4.35. The Morgan fingerprint density at radius 3 is 2.88 bits per heavy atom. The maximum atomic E-state index is 12.2. The molecule has 1 aromatic heterocycles. The smallest absolute Gasteiger partial charge is 0.232 e. The predicted molar refractivity (Wildman–Crippen MR) is 89.7 cm³/mol. The number of hydrogen-bond acceptors (Lipinski definition) is 6. The van der Waals surface area contributed by atoms with Gasteiger partial charge in [0.05, 0.1) is 6.42 Å². The maximum Gasteiger partial charge on any atom is 0.232 e. The van der Waals surface area contributed by atoms with E-state index in [0.29, 0.717) is 42.1 Å². The predicted octanol–water partition coefficient (Wildman–Crippen LogP) is 2.75. The van der Waals surface area contributed by atoms with Crippen LogP contribution in [0.5, 0.6) is 11.5 Å². The van der Waals surface area contributed by atoms with Gasteiger partial charge in [-0.05, 0) is 30.9 Å². The number of carbonyl (C=O) groups is 1. The molecule has 25 heavy (non-hydrogen) atoms. The van der Waals surface area contributed by atoms with Gasteiger partial charge in [-0.25, -0.2) is 0 Å². The van der Waals surface area contributed by atoms with E-state index in [1.807, 2.05) is 0 Å². The third-order valence-electron chi connectivity index (χ3n) is 4.35. The van der Waals surface area contributed by atoms with Crippen molar-refractivity contribution in [2.75, 3.05) is 18.5 Å². The van der Waals surface area contributed by atoms with Gasteiger partial charge in [-0.15, -0.1) is 0 Å². The highest BCUT2D eigenvalue weighted by Gasteiger charge is 2.21. The van der Waals surface area contributed by atoms with Crippen molar-refractivity contribution < 1.29 is 18.8 Å². The summed E-state index contributed by atoms with van der Waals surface area (Å²) in [5, 5.41) is 6.71. The maximum absolute atomic E-state index is 12.2. The summed E-state index contributed by atoms with van der Waals surface area (Å²) >= 11 is 0. The summed E-state index contributed by atoms with van der Waals surface area (Å²) in [5.41, 5.74) is 0.655. The van der Waals surface area contributed by atoms with Crippen molar-refractivity contribution in [1.82, 2.24) is 10.1 Å². The summed E-state index contributed by atoms with van der Waals surface area (Å²) in [6.07, 6.45) is 5.87. The van der Waals surface area contributed by atoms with E-state index in [1.54, 1.807) is 18.2 Å². The Bertz CT molecular complexity index is 755. The normalized spacial score (nSPS) is 15.8. The van der Waals surface area contributed by atoms with Crippen LogP contribution >= 0.6 is 0 Å². The number of nitrogens with zero attached hydrogens (tertiary/aromatic N) is 2. The highest BCUT2D eigenvalue weighted by atomic mass is 16.6. The van der Waals surface area contributed by atoms with Crippen molar-refractivity contribution in [3.63, 3.8) is 0 Å². The molecule has 0 saturated heterocycles. The SMILES string of the molecule is O=C(Cc1noc(CCCC2CC2)n1)Nc1ccc2c(c1)OCCO2. The first-order valence-electron chi connectivity index (χ1n) is 8.77. The largest absolute Gasteiger partial charge is 0.486 e. The van der Waals surface area contributed by atoms with Crippen LogP contribution in [-0.4, -0.2) is 29.3 Å². The number of benzene rings is 1. The number of carbonyl (C=O) groups excluding carboxylic acids is 1. The summed E-state index contributed by atoms with van der Waals surface area (Å²) in [7, 11) is 0. The van der Waals surface area contributed by atoms with Gasteiger partial charge < -0.3 is 19.3 Å². The fourth-order valence-electron chi connectivity index (χ4n) is 2.88. The second-order valence-corrected chi connectivity index (χ2v) is 6.52. The van der Waals surface area contributed by atoms with Crippen molar-refractivity contribution in [1.29, 1.82) is 0 Å². The second kappa shape index (κ2) is 7.13. The average Bonchev–Trinajstić information content (AvgIpc) is 3.33. The Hall–Kier alpha value is -2.57. The van der Waals surface area contributed by atoms with E-state index in [4.69, 9.17) is 14.0 Å². The first-order chi connectivity index (χ1) is 12.3. The molecular weight excluding hydrogens is 322 g/mol. The molecule has 2 aromatic rings. The van der Waals surface area contributed by atoms with E-state index >= 15 is 0 Å². The lowest BCUT2D eigenvalue weighted by Gasteiger charge is -2.18.